The van der Waals surface area contributed by atoms with Crippen molar-refractivity contribution in [3.8, 4) is 0 Å². The minimum absolute atomic E-state index is 0.0969. The zero-order valence-electron chi connectivity index (χ0n) is 6.71. The Morgan fingerprint density at radius 3 is 2.15 bits per heavy atom. The molecule has 13 heavy (non-hydrogen) atoms. The van der Waals surface area contributed by atoms with Gasteiger partial charge < -0.3 is 0 Å². The molecule has 0 amide bonds. The highest BCUT2D eigenvalue weighted by atomic mass is 32.3. The molecule has 0 saturated carbocycles. The van der Waals surface area contributed by atoms with Crippen molar-refractivity contribution in [3.05, 3.63) is 0 Å². The molecule has 0 aromatic rings. The van der Waals surface area contributed by atoms with E-state index in [1.807, 2.05) is 0 Å². The predicted molar refractivity (Wildman–Crippen MR) is 37.4 cm³/mol. The van der Waals surface area contributed by atoms with Crippen molar-refractivity contribution in [2.24, 2.45) is 0 Å². The molecular weight excluding hydrogens is 213 g/mol. The smallest absolute Gasteiger partial charge is 0.264 e. The van der Waals surface area contributed by atoms with Crippen molar-refractivity contribution in [2.75, 3.05) is 0 Å². The van der Waals surface area contributed by atoms with Crippen LogP contribution in [0, 0.1) is 0 Å². The van der Waals surface area contributed by atoms with Crippen LogP contribution in [0.4, 0.5) is 13.2 Å². The van der Waals surface area contributed by atoms with Crippen LogP contribution in [-0.4, -0.2) is 25.3 Å². The number of hydrogen-bond donors (Lipinski definition) is 1. The Morgan fingerprint density at radius 1 is 1.46 bits per heavy atom. The average Bonchev–Trinajstić information content (AvgIpc) is 1.81. The van der Waals surface area contributed by atoms with Gasteiger partial charge in [-0.3, -0.25) is 4.55 Å². The summed E-state index contributed by atoms with van der Waals surface area (Å²) in [7, 11) is -5.05. The molecule has 0 rings (SSSR count). The minimum atomic E-state index is -5.05. The van der Waals surface area contributed by atoms with Crippen LogP contribution >= 0.6 is 0 Å². The first kappa shape index (κ1) is 12.7. The van der Waals surface area contributed by atoms with Crippen molar-refractivity contribution in [1.29, 1.82) is 0 Å². The lowest BCUT2D eigenvalue weighted by atomic mass is 10.2. The van der Waals surface area contributed by atoms with Crippen LogP contribution < -0.4 is 0 Å². The van der Waals surface area contributed by atoms with Crippen LogP contribution in [0.15, 0.2) is 0 Å². The average molecular weight is 222 g/mol. The largest absolute Gasteiger partial charge is 0.416 e. The molecule has 0 spiro atoms. The van der Waals surface area contributed by atoms with E-state index in [0.717, 1.165) is 0 Å². The standard InChI is InChI=1S/C5H9F3O4S/c1-2-3-4(5(6,7)8)12-13(9,10)11/h4H,2-3H2,1H3,(H,9,10,11). The Balaban J connectivity index is 4.45. The summed E-state index contributed by atoms with van der Waals surface area (Å²) in [4.78, 5) is 0. The molecule has 0 saturated heterocycles. The molecule has 0 aromatic carbocycles. The maximum absolute atomic E-state index is 11.9. The first-order chi connectivity index (χ1) is 5.67. The van der Waals surface area contributed by atoms with Gasteiger partial charge in [-0.15, -0.1) is 0 Å². The molecule has 0 aliphatic carbocycles. The van der Waals surface area contributed by atoms with Crippen LogP contribution in [0.2, 0.25) is 0 Å². The molecule has 0 bridgehead atoms. The molecule has 0 heterocycles. The molecule has 0 radical (unpaired) electrons. The van der Waals surface area contributed by atoms with Gasteiger partial charge in [0.2, 0.25) is 0 Å². The zero-order chi connectivity index (χ0) is 10.7. The van der Waals surface area contributed by atoms with E-state index in [1.165, 1.54) is 6.92 Å². The second-order valence-corrected chi connectivity index (χ2v) is 3.39. The maximum atomic E-state index is 11.9. The molecule has 1 N–H and O–H groups in total. The predicted octanol–water partition coefficient (Wildman–Crippen LogP) is 1.54. The molecule has 8 heteroatoms. The van der Waals surface area contributed by atoms with Gasteiger partial charge in [-0.2, -0.15) is 21.6 Å². The topological polar surface area (TPSA) is 63.6 Å². The first-order valence-electron chi connectivity index (χ1n) is 3.39. The molecule has 0 aromatic heterocycles. The van der Waals surface area contributed by atoms with Crippen LogP contribution in [0.5, 0.6) is 0 Å². The highest BCUT2D eigenvalue weighted by molar-refractivity contribution is 7.80. The van der Waals surface area contributed by atoms with Crippen molar-refractivity contribution in [1.82, 2.24) is 0 Å². The quantitative estimate of drug-likeness (QED) is 0.733. The van der Waals surface area contributed by atoms with Gasteiger partial charge in [0.05, 0.1) is 0 Å². The van der Waals surface area contributed by atoms with Gasteiger partial charge in [0.1, 0.15) is 0 Å². The Bertz CT molecular complexity index is 245. The van der Waals surface area contributed by atoms with Crippen molar-refractivity contribution in [3.63, 3.8) is 0 Å². The lowest BCUT2D eigenvalue weighted by Crippen LogP contribution is -2.33. The van der Waals surface area contributed by atoms with Crippen molar-refractivity contribution in [2.45, 2.75) is 32.0 Å². The van der Waals surface area contributed by atoms with Crippen molar-refractivity contribution >= 4 is 10.4 Å². The van der Waals surface area contributed by atoms with E-state index in [9.17, 15) is 21.6 Å². The van der Waals surface area contributed by atoms with Gasteiger partial charge in [-0.25, -0.2) is 4.18 Å². The second-order valence-electron chi connectivity index (χ2n) is 2.34. The zero-order valence-corrected chi connectivity index (χ0v) is 7.52. The summed E-state index contributed by atoms with van der Waals surface area (Å²) < 4.78 is 67.3. The fourth-order valence-electron chi connectivity index (χ4n) is 0.675. The lowest BCUT2D eigenvalue weighted by molar-refractivity contribution is -0.197. The Kier molecular flexibility index (Phi) is 4.14. The molecule has 1 atom stereocenters. The van der Waals surface area contributed by atoms with Gasteiger partial charge in [0.25, 0.3) is 0 Å². The fourth-order valence-corrected chi connectivity index (χ4v) is 1.17. The van der Waals surface area contributed by atoms with Crippen molar-refractivity contribution < 1.29 is 30.3 Å². The van der Waals surface area contributed by atoms with E-state index in [-0.39, 0.29) is 6.42 Å². The van der Waals surface area contributed by atoms with Gasteiger partial charge in [0, 0.05) is 0 Å². The number of hydrogen-bond acceptors (Lipinski definition) is 3. The van der Waals surface area contributed by atoms with E-state index in [4.69, 9.17) is 4.55 Å². The minimum Gasteiger partial charge on any atom is -0.264 e. The number of alkyl halides is 3. The highest BCUT2D eigenvalue weighted by Gasteiger charge is 2.42. The van der Waals surface area contributed by atoms with Crippen LogP contribution in [0.25, 0.3) is 0 Å². The van der Waals surface area contributed by atoms with E-state index < -0.39 is 29.1 Å². The highest BCUT2D eigenvalue weighted by Crippen LogP contribution is 2.27. The summed E-state index contributed by atoms with van der Waals surface area (Å²) in [5, 5.41) is 0. The van der Waals surface area contributed by atoms with Gasteiger partial charge in [-0.1, -0.05) is 13.3 Å². The third-order valence-corrected chi connectivity index (χ3v) is 1.63. The summed E-state index contributed by atoms with van der Waals surface area (Å²) in [6.07, 6.45) is -7.66. The SMILES string of the molecule is CCCC(OS(=O)(=O)O)C(F)(F)F. The number of halogens is 3. The third kappa shape index (κ3) is 5.83. The van der Waals surface area contributed by atoms with E-state index in [1.54, 1.807) is 0 Å². The lowest BCUT2D eigenvalue weighted by Gasteiger charge is -2.17. The Hall–Kier alpha value is -0.340. The molecule has 0 fully saturated rings. The van der Waals surface area contributed by atoms with Crippen LogP contribution in [0.1, 0.15) is 19.8 Å². The number of rotatable bonds is 4. The summed E-state index contributed by atoms with van der Waals surface area (Å²) in [5.41, 5.74) is 0. The van der Waals surface area contributed by atoms with Gasteiger partial charge in [0.15, 0.2) is 6.10 Å². The maximum Gasteiger partial charge on any atom is 0.416 e. The molecule has 80 valence electrons. The first-order valence-corrected chi connectivity index (χ1v) is 4.75. The third-order valence-electron chi connectivity index (χ3n) is 1.15. The molecule has 0 aliphatic rings. The van der Waals surface area contributed by atoms with E-state index in [0.29, 0.717) is 0 Å². The Morgan fingerprint density at radius 2 is 1.92 bits per heavy atom. The van der Waals surface area contributed by atoms with Gasteiger partial charge in [-0.05, 0) is 6.42 Å². The van der Waals surface area contributed by atoms with Crippen LogP contribution in [0.3, 0.4) is 0 Å². The second kappa shape index (κ2) is 4.25. The summed E-state index contributed by atoms with van der Waals surface area (Å²) in [6, 6.07) is 0. The summed E-state index contributed by atoms with van der Waals surface area (Å²) in [5.74, 6) is 0. The van der Waals surface area contributed by atoms with E-state index in [2.05, 4.69) is 4.18 Å². The van der Waals surface area contributed by atoms with Gasteiger partial charge >= 0.3 is 16.6 Å². The summed E-state index contributed by atoms with van der Waals surface area (Å²) in [6.45, 7) is 1.44. The molecule has 4 nitrogen and oxygen atoms in total. The molecular formula is C5H9F3O4S. The molecule has 1 unspecified atom stereocenters. The fraction of sp³-hybridized carbons (Fsp3) is 1.00. The normalized spacial score (nSPS) is 15.8. The molecule has 0 aliphatic heterocycles. The monoisotopic (exact) mass is 222 g/mol. The summed E-state index contributed by atoms with van der Waals surface area (Å²) >= 11 is 0. The van der Waals surface area contributed by atoms with Crippen LogP contribution in [-0.2, 0) is 14.6 Å². The Labute approximate surface area is 73.6 Å². The van der Waals surface area contributed by atoms with E-state index >= 15 is 0 Å².